The first kappa shape index (κ1) is 18.8. The van der Waals surface area contributed by atoms with Gasteiger partial charge in [-0.15, -0.1) is 11.3 Å². The van der Waals surface area contributed by atoms with Crippen LogP contribution in [-0.2, 0) is 0 Å². The fraction of sp³-hybridized carbons (Fsp3) is 0. The van der Waals surface area contributed by atoms with Crippen LogP contribution in [0, 0.1) is 3.57 Å². The van der Waals surface area contributed by atoms with Crippen molar-refractivity contribution in [2.45, 2.75) is 0 Å². The molecular weight excluding hydrogens is 511 g/mol. The van der Waals surface area contributed by atoms with E-state index in [1.165, 1.54) is 23.7 Å². The normalized spacial score (nSPS) is 11.4. The van der Waals surface area contributed by atoms with Gasteiger partial charge in [-0.05, 0) is 46.9 Å². The maximum Gasteiger partial charge on any atom is 0.138 e. The van der Waals surface area contributed by atoms with E-state index in [0.29, 0.717) is 0 Å². The first-order chi connectivity index (χ1) is 15.3. The third kappa shape index (κ3) is 3.36. The zero-order valence-electron chi connectivity index (χ0n) is 16.5. The number of benzene rings is 4. The largest absolute Gasteiger partial charge is 0.337 e. The first-order valence-corrected chi connectivity index (χ1v) is 12.0. The second-order valence-electron chi connectivity index (χ2n) is 7.49. The van der Waals surface area contributed by atoms with Gasteiger partial charge in [0.1, 0.15) is 5.82 Å². The number of H-pyrrole nitrogens is 1. The first-order valence-electron chi connectivity index (χ1n) is 10.1. The molecule has 2 nitrogen and oxygen atoms in total. The summed E-state index contributed by atoms with van der Waals surface area (Å²) < 4.78 is 3.80. The highest BCUT2D eigenvalue weighted by molar-refractivity contribution is 14.1. The number of hydrogen-bond acceptors (Lipinski definition) is 2. The van der Waals surface area contributed by atoms with Gasteiger partial charge in [-0.1, -0.05) is 72.8 Å². The monoisotopic (exact) mass is 528 g/mol. The van der Waals surface area contributed by atoms with Gasteiger partial charge in [0.05, 0.1) is 11.4 Å². The molecular formula is C27H17IN2S. The predicted octanol–water partition coefficient (Wildman–Crippen LogP) is 8.38. The van der Waals surface area contributed by atoms with Gasteiger partial charge in [0, 0.05) is 40.4 Å². The molecule has 4 aromatic carbocycles. The van der Waals surface area contributed by atoms with Crippen LogP contribution in [0.1, 0.15) is 0 Å². The molecule has 0 radical (unpaired) electrons. The van der Waals surface area contributed by atoms with Crippen LogP contribution >= 0.6 is 33.9 Å². The number of hydrogen-bond donors (Lipinski definition) is 1. The SMILES string of the molecule is Ic1cccc(-c2nc(-c3ccc4c(c3)sc3ccccc34)c(-c3ccccc3)[nH]2)c1. The Kier molecular flexibility index (Phi) is 4.62. The van der Waals surface area contributed by atoms with E-state index in [4.69, 9.17) is 4.98 Å². The minimum atomic E-state index is 0.892. The van der Waals surface area contributed by atoms with E-state index < -0.39 is 0 Å². The Balaban J connectivity index is 1.57. The van der Waals surface area contributed by atoms with Crippen molar-refractivity contribution < 1.29 is 0 Å². The Labute approximate surface area is 197 Å². The Morgan fingerprint density at radius 1 is 0.645 bits per heavy atom. The Bertz CT molecular complexity index is 1550. The van der Waals surface area contributed by atoms with Crippen molar-refractivity contribution in [2.75, 3.05) is 0 Å². The lowest BCUT2D eigenvalue weighted by Gasteiger charge is -2.03. The minimum Gasteiger partial charge on any atom is -0.337 e. The highest BCUT2D eigenvalue weighted by Gasteiger charge is 2.16. The van der Waals surface area contributed by atoms with Crippen molar-refractivity contribution in [2.24, 2.45) is 0 Å². The molecule has 2 aromatic heterocycles. The fourth-order valence-electron chi connectivity index (χ4n) is 4.04. The molecule has 4 heteroatoms. The number of fused-ring (bicyclic) bond motifs is 3. The summed E-state index contributed by atoms with van der Waals surface area (Å²) in [6.07, 6.45) is 0. The lowest BCUT2D eigenvalue weighted by Crippen LogP contribution is -1.83. The topological polar surface area (TPSA) is 28.7 Å². The molecule has 0 amide bonds. The maximum atomic E-state index is 5.07. The highest BCUT2D eigenvalue weighted by Crippen LogP contribution is 2.39. The summed E-state index contributed by atoms with van der Waals surface area (Å²) >= 11 is 4.18. The van der Waals surface area contributed by atoms with Gasteiger partial charge in [-0.3, -0.25) is 0 Å². The summed E-state index contributed by atoms with van der Waals surface area (Å²) in [5, 5.41) is 2.62. The average Bonchev–Trinajstić information content (AvgIpc) is 3.41. The van der Waals surface area contributed by atoms with Crippen molar-refractivity contribution in [3.05, 3.63) is 101 Å². The second kappa shape index (κ2) is 7.62. The molecule has 0 saturated heterocycles. The number of rotatable bonds is 3. The van der Waals surface area contributed by atoms with E-state index >= 15 is 0 Å². The molecule has 31 heavy (non-hydrogen) atoms. The molecule has 0 atom stereocenters. The van der Waals surface area contributed by atoms with E-state index in [1.54, 1.807) is 0 Å². The number of thiophene rings is 1. The summed E-state index contributed by atoms with van der Waals surface area (Å²) in [7, 11) is 0. The third-order valence-electron chi connectivity index (χ3n) is 5.52. The highest BCUT2D eigenvalue weighted by atomic mass is 127. The van der Waals surface area contributed by atoms with E-state index in [1.807, 2.05) is 17.4 Å². The molecule has 0 aliphatic carbocycles. The van der Waals surface area contributed by atoms with E-state index in [-0.39, 0.29) is 0 Å². The van der Waals surface area contributed by atoms with Crippen molar-refractivity contribution in [1.29, 1.82) is 0 Å². The Hall–Kier alpha value is -2.96. The maximum absolute atomic E-state index is 5.07. The van der Waals surface area contributed by atoms with E-state index in [0.717, 1.165) is 33.9 Å². The standard InChI is InChI=1S/C27H17IN2S/c28-20-10-6-9-19(15-20)27-29-25(17-7-2-1-3-8-17)26(30-27)18-13-14-22-21-11-4-5-12-23(21)31-24(22)16-18/h1-16H,(H,29,30). The molecule has 0 aliphatic rings. The quantitative estimate of drug-likeness (QED) is 0.230. The van der Waals surface area contributed by atoms with Gasteiger partial charge in [0.25, 0.3) is 0 Å². The summed E-state index contributed by atoms with van der Waals surface area (Å²) in [4.78, 5) is 8.68. The van der Waals surface area contributed by atoms with Gasteiger partial charge < -0.3 is 4.98 Å². The molecule has 0 unspecified atom stereocenters. The van der Waals surface area contributed by atoms with Crippen LogP contribution in [-0.4, -0.2) is 9.97 Å². The third-order valence-corrected chi connectivity index (χ3v) is 7.32. The van der Waals surface area contributed by atoms with Gasteiger partial charge in [-0.2, -0.15) is 0 Å². The van der Waals surface area contributed by atoms with Crippen LogP contribution < -0.4 is 0 Å². The average molecular weight is 528 g/mol. The van der Waals surface area contributed by atoms with Gasteiger partial charge in [0.2, 0.25) is 0 Å². The van der Waals surface area contributed by atoms with Gasteiger partial charge in [-0.25, -0.2) is 4.98 Å². The Morgan fingerprint density at radius 3 is 2.29 bits per heavy atom. The summed E-state index contributed by atoms with van der Waals surface area (Å²) in [6, 6.07) is 34.2. The fourth-order valence-corrected chi connectivity index (χ4v) is 5.73. The van der Waals surface area contributed by atoms with Gasteiger partial charge in [0.15, 0.2) is 0 Å². The second-order valence-corrected chi connectivity index (χ2v) is 9.82. The molecule has 0 fully saturated rings. The summed E-state index contributed by atoms with van der Waals surface area (Å²) in [5.41, 5.74) is 5.40. The molecule has 0 spiro atoms. The van der Waals surface area contributed by atoms with E-state index in [2.05, 4.69) is 119 Å². The van der Waals surface area contributed by atoms with Crippen LogP contribution in [0.25, 0.3) is 54.1 Å². The van der Waals surface area contributed by atoms with Crippen molar-refractivity contribution in [3.8, 4) is 33.9 Å². The van der Waals surface area contributed by atoms with Crippen molar-refractivity contribution >= 4 is 54.1 Å². The summed E-state index contributed by atoms with van der Waals surface area (Å²) in [5.74, 6) is 0.892. The van der Waals surface area contributed by atoms with Crippen LogP contribution in [0.15, 0.2) is 97.1 Å². The van der Waals surface area contributed by atoms with Crippen LogP contribution in [0.3, 0.4) is 0 Å². The number of halogens is 1. The number of nitrogens with one attached hydrogen (secondary N) is 1. The minimum absolute atomic E-state index is 0.892. The molecule has 0 bridgehead atoms. The molecule has 0 aliphatic heterocycles. The zero-order valence-corrected chi connectivity index (χ0v) is 19.4. The van der Waals surface area contributed by atoms with Crippen LogP contribution in [0.2, 0.25) is 0 Å². The summed E-state index contributed by atoms with van der Waals surface area (Å²) in [6.45, 7) is 0. The Morgan fingerprint density at radius 2 is 1.42 bits per heavy atom. The number of aromatic amines is 1. The van der Waals surface area contributed by atoms with Crippen molar-refractivity contribution in [1.82, 2.24) is 9.97 Å². The molecule has 148 valence electrons. The zero-order chi connectivity index (χ0) is 20.8. The van der Waals surface area contributed by atoms with Crippen LogP contribution in [0.4, 0.5) is 0 Å². The molecule has 1 N–H and O–H groups in total. The lowest BCUT2D eigenvalue weighted by molar-refractivity contribution is 1.31. The molecule has 0 saturated carbocycles. The van der Waals surface area contributed by atoms with Crippen LogP contribution in [0.5, 0.6) is 0 Å². The lowest BCUT2D eigenvalue weighted by atomic mass is 10.0. The predicted molar refractivity (Wildman–Crippen MR) is 141 cm³/mol. The molecule has 6 aromatic rings. The van der Waals surface area contributed by atoms with Gasteiger partial charge >= 0.3 is 0 Å². The molecule has 6 rings (SSSR count). The number of imidazole rings is 1. The number of aromatic nitrogens is 2. The molecule has 2 heterocycles. The van der Waals surface area contributed by atoms with Crippen molar-refractivity contribution in [3.63, 3.8) is 0 Å². The smallest absolute Gasteiger partial charge is 0.138 e. The van der Waals surface area contributed by atoms with E-state index in [9.17, 15) is 0 Å². The number of nitrogens with zero attached hydrogens (tertiary/aromatic N) is 1.